The van der Waals surface area contributed by atoms with Gasteiger partial charge in [-0.05, 0) is 50.3 Å². The van der Waals surface area contributed by atoms with Crippen molar-refractivity contribution in [1.82, 2.24) is 29.6 Å². The number of anilines is 1. The van der Waals surface area contributed by atoms with Crippen LogP contribution in [0.1, 0.15) is 6.42 Å². The van der Waals surface area contributed by atoms with Crippen molar-refractivity contribution in [3.63, 3.8) is 0 Å². The number of likely N-dealkylation sites (N-methyl/N-ethyl adjacent to an activating group) is 1. The first-order chi connectivity index (χ1) is 16.1. The Morgan fingerprint density at radius 1 is 1.12 bits per heavy atom. The summed E-state index contributed by atoms with van der Waals surface area (Å²) < 4.78 is 21.5. The molecule has 0 unspecified atom stereocenters. The lowest BCUT2D eigenvalue weighted by Gasteiger charge is -2.14. The van der Waals surface area contributed by atoms with Gasteiger partial charge in [-0.2, -0.15) is 5.10 Å². The predicted octanol–water partition coefficient (Wildman–Crippen LogP) is 3.66. The van der Waals surface area contributed by atoms with Gasteiger partial charge in [-0.25, -0.2) is 24.0 Å². The van der Waals surface area contributed by atoms with Crippen molar-refractivity contribution in [3.05, 3.63) is 66.9 Å². The number of pyridine rings is 1. The molecule has 1 aromatic carbocycles. The van der Waals surface area contributed by atoms with Crippen LogP contribution in [0.5, 0.6) is 5.75 Å². The van der Waals surface area contributed by atoms with E-state index in [9.17, 15) is 4.39 Å². The topological polar surface area (TPSA) is 81.0 Å². The van der Waals surface area contributed by atoms with Gasteiger partial charge in [0.1, 0.15) is 17.4 Å². The molecule has 4 heterocycles. The van der Waals surface area contributed by atoms with Crippen molar-refractivity contribution < 1.29 is 9.13 Å². The molecule has 0 spiro atoms. The van der Waals surface area contributed by atoms with Crippen LogP contribution in [0, 0.1) is 5.82 Å². The third-order valence-electron chi connectivity index (χ3n) is 5.67. The van der Waals surface area contributed by atoms with E-state index in [0.29, 0.717) is 23.3 Å². The average molecular weight is 446 g/mol. The van der Waals surface area contributed by atoms with Crippen LogP contribution in [-0.4, -0.2) is 62.9 Å². The highest BCUT2D eigenvalue weighted by atomic mass is 19.1. The second kappa shape index (κ2) is 8.95. The maximum absolute atomic E-state index is 14.5. The van der Waals surface area contributed by atoms with Crippen LogP contribution in [0.25, 0.3) is 28.5 Å². The lowest BCUT2D eigenvalue weighted by atomic mass is 10.1. The predicted molar refractivity (Wildman–Crippen MR) is 124 cm³/mol. The van der Waals surface area contributed by atoms with Crippen LogP contribution < -0.4 is 10.1 Å². The Morgan fingerprint density at radius 3 is 2.82 bits per heavy atom. The van der Waals surface area contributed by atoms with Gasteiger partial charge >= 0.3 is 0 Å². The van der Waals surface area contributed by atoms with Gasteiger partial charge in [0, 0.05) is 30.5 Å². The molecule has 0 amide bonds. The number of likely N-dealkylation sites (tertiary alicyclic amines) is 1. The lowest BCUT2D eigenvalue weighted by molar-refractivity contribution is 0.413. The van der Waals surface area contributed by atoms with Crippen LogP contribution >= 0.6 is 0 Å². The summed E-state index contributed by atoms with van der Waals surface area (Å²) in [6, 6.07) is 12.6. The third kappa shape index (κ3) is 4.40. The van der Waals surface area contributed by atoms with E-state index in [1.807, 2.05) is 24.4 Å². The minimum absolute atomic E-state index is 0.229. The summed E-state index contributed by atoms with van der Waals surface area (Å²) in [5, 5.41) is 7.96. The largest absolute Gasteiger partial charge is 0.496 e. The normalized spacial score (nSPS) is 16.2. The van der Waals surface area contributed by atoms with Crippen molar-refractivity contribution >= 4 is 5.82 Å². The van der Waals surface area contributed by atoms with Crippen LogP contribution in [0.3, 0.4) is 0 Å². The van der Waals surface area contributed by atoms with Crippen molar-refractivity contribution in [2.75, 3.05) is 32.6 Å². The Hall–Kier alpha value is -3.85. The molecule has 8 nitrogen and oxygen atoms in total. The number of hydrogen-bond donors (Lipinski definition) is 1. The van der Waals surface area contributed by atoms with Gasteiger partial charge in [-0.15, -0.1) is 0 Å². The van der Waals surface area contributed by atoms with Gasteiger partial charge in [-0.3, -0.25) is 0 Å². The molecule has 168 valence electrons. The average Bonchev–Trinajstić information content (AvgIpc) is 3.48. The first-order valence-corrected chi connectivity index (χ1v) is 10.7. The molecule has 0 bridgehead atoms. The summed E-state index contributed by atoms with van der Waals surface area (Å²) in [5.41, 5.74) is 1.62. The Labute approximate surface area is 191 Å². The van der Waals surface area contributed by atoms with Crippen LogP contribution in [0.2, 0.25) is 0 Å². The summed E-state index contributed by atoms with van der Waals surface area (Å²) in [6.07, 6.45) is 6.25. The first kappa shape index (κ1) is 21.0. The molecule has 1 atom stereocenters. The van der Waals surface area contributed by atoms with Crippen LogP contribution in [0.4, 0.5) is 10.2 Å². The molecule has 0 radical (unpaired) electrons. The fraction of sp³-hybridized carbons (Fsp3) is 0.250. The third-order valence-corrected chi connectivity index (χ3v) is 5.67. The molecule has 33 heavy (non-hydrogen) atoms. The SMILES string of the molecule is COc1cccc(F)c1-c1nccc(-c2cnn(-c3cccc(N[C@H]4CCN(C)C4)n3)c2)n1. The fourth-order valence-corrected chi connectivity index (χ4v) is 4.00. The second-order valence-corrected chi connectivity index (χ2v) is 8.03. The molecule has 1 fully saturated rings. The summed E-state index contributed by atoms with van der Waals surface area (Å²) in [5.74, 6) is 1.71. The Morgan fingerprint density at radius 2 is 2.00 bits per heavy atom. The van der Waals surface area contributed by atoms with Crippen molar-refractivity contribution in [1.29, 1.82) is 0 Å². The molecule has 3 aromatic heterocycles. The Balaban J connectivity index is 1.41. The maximum Gasteiger partial charge on any atom is 0.166 e. The summed E-state index contributed by atoms with van der Waals surface area (Å²) in [6.45, 7) is 2.08. The number of aromatic nitrogens is 5. The molecular weight excluding hydrogens is 421 g/mol. The quantitative estimate of drug-likeness (QED) is 0.485. The standard InChI is InChI=1S/C24H24FN7O/c1-31-12-10-17(15-31)28-21-7-4-8-22(30-21)32-14-16(13-27-32)19-9-11-26-24(29-19)23-18(25)5-3-6-20(23)33-2/h3-9,11,13-14,17H,10,12,15H2,1-2H3,(H,28,30)/t17-/m0/s1. The molecule has 1 aliphatic heterocycles. The summed E-state index contributed by atoms with van der Waals surface area (Å²) in [7, 11) is 3.62. The zero-order valence-corrected chi connectivity index (χ0v) is 18.4. The molecule has 0 saturated carbocycles. The molecule has 4 aromatic rings. The zero-order valence-electron chi connectivity index (χ0n) is 18.4. The van der Waals surface area contributed by atoms with E-state index in [1.54, 1.807) is 35.3 Å². The van der Waals surface area contributed by atoms with E-state index >= 15 is 0 Å². The highest BCUT2D eigenvalue weighted by Crippen LogP contribution is 2.31. The van der Waals surface area contributed by atoms with Gasteiger partial charge in [0.15, 0.2) is 11.6 Å². The van der Waals surface area contributed by atoms with E-state index in [4.69, 9.17) is 9.72 Å². The minimum atomic E-state index is -0.441. The van der Waals surface area contributed by atoms with Gasteiger partial charge in [0.25, 0.3) is 0 Å². The number of halogens is 1. The van der Waals surface area contributed by atoms with Crippen LogP contribution in [0.15, 0.2) is 61.1 Å². The van der Waals surface area contributed by atoms with E-state index in [2.05, 4.69) is 32.3 Å². The number of benzene rings is 1. The number of ether oxygens (including phenoxy) is 1. The van der Waals surface area contributed by atoms with Gasteiger partial charge in [-0.1, -0.05) is 12.1 Å². The van der Waals surface area contributed by atoms with Crippen molar-refractivity contribution in [2.24, 2.45) is 0 Å². The zero-order chi connectivity index (χ0) is 22.8. The molecule has 1 saturated heterocycles. The molecule has 5 rings (SSSR count). The first-order valence-electron chi connectivity index (χ1n) is 10.7. The lowest BCUT2D eigenvalue weighted by Crippen LogP contribution is -2.24. The number of nitrogens with zero attached hydrogens (tertiary/aromatic N) is 6. The van der Waals surface area contributed by atoms with Crippen molar-refractivity contribution in [2.45, 2.75) is 12.5 Å². The highest BCUT2D eigenvalue weighted by Gasteiger charge is 2.20. The smallest absolute Gasteiger partial charge is 0.166 e. The van der Waals surface area contributed by atoms with Gasteiger partial charge in [0.05, 0.1) is 24.6 Å². The number of rotatable bonds is 6. The fourth-order valence-electron chi connectivity index (χ4n) is 4.00. The Bertz CT molecular complexity index is 1280. The second-order valence-electron chi connectivity index (χ2n) is 8.03. The maximum atomic E-state index is 14.5. The molecule has 0 aliphatic carbocycles. The molecule has 1 N–H and O–H groups in total. The van der Waals surface area contributed by atoms with E-state index in [0.717, 1.165) is 30.9 Å². The monoisotopic (exact) mass is 445 g/mol. The van der Waals surface area contributed by atoms with Crippen molar-refractivity contribution in [3.8, 4) is 34.2 Å². The summed E-state index contributed by atoms with van der Waals surface area (Å²) >= 11 is 0. The minimum Gasteiger partial charge on any atom is -0.496 e. The number of nitrogens with one attached hydrogen (secondary N) is 1. The van der Waals surface area contributed by atoms with E-state index in [-0.39, 0.29) is 11.4 Å². The van der Waals surface area contributed by atoms with Gasteiger partial charge in [0.2, 0.25) is 0 Å². The number of hydrogen-bond acceptors (Lipinski definition) is 7. The van der Waals surface area contributed by atoms with Crippen LogP contribution in [-0.2, 0) is 0 Å². The molecule has 1 aliphatic rings. The highest BCUT2D eigenvalue weighted by molar-refractivity contribution is 5.68. The van der Waals surface area contributed by atoms with Gasteiger partial charge < -0.3 is 15.0 Å². The molecular formula is C24H24FN7O. The molecule has 9 heteroatoms. The van der Waals surface area contributed by atoms with E-state index in [1.165, 1.54) is 13.2 Å². The van der Waals surface area contributed by atoms with E-state index < -0.39 is 5.82 Å². The Kier molecular flexibility index (Phi) is 5.70. The summed E-state index contributed by atoms with van der Waals surface area (Å²) in [4.78, 5) is 15.8. The number of methoxy groups -OCH3 is 1.